The van der Waals surface area contributed by atoms with Crippen LogP contribution in [-0.4, -0.2) is 32.5 Å². The van der Waals surface area contributed by atoms with E-state index in [2.05, 4.69) is 76.7 Å². The van der Waals surface area contributed by atoms with Crippen LogP contribution in [-0.2, 0) is 13.1 Å². The molecule has 0 aliphatic carbocycles. The monoisotopic (exact) mass is 304 g/mol. The maximum Gasteiger partial charge on any atom is 0.113 e. The molecule has 1 saturated heterocycles. The highest BCUT2D eigenvalue weighted by atomic mass is 15.4. The lowest BCUT2D eigenvalue weighted by Gasteiger charge is -2.03. The van der Waals surface area contributed by atoms with Gasteiger partial charge in [0.1, 0.15) is 5.69 Å². The Morgan fingerprint density at radius 3 is 2.61 bits per heavy atom. The molecule has 2 atom stereocenters. The van der Waals surface area contributed by atoms with E-state index in [4.69, 9.17) is 0 Å². The zero-order valence-electron chi connectivity index (χ0n) is 13.3. The van der Waals surface area contributed by atoms with Crippen LogP contribution in [0.5, 0.6) is 0 Å². The van der Waals surface area contributed by atoms with Crippen LogP contribution in [0.25, 0.3) is 11.3 Å². The summed E-state index contributed by atoms with van der Waals surface area (Å²) in [6.07, 6.45) is 2.05. The van der Waals surface area contributed by atoms with Crippen LogP contribution in [0.4, 0.5) is 0 Å². The van der Waals surface area contributed by atoms with Gasteiger partial charge in [-0.25, -0.2) is 0 Å². The van der Waals surface area contributed by atoms with Crippen molar-refractivity contribution in [3.63, 3.8) is 0 Å². The van der Waals surface area contributed by atoms with Crippen LogP contribution in [0.1, 0.15) is 11.1 Å². The van der Waals surface area contributed by atoms with Crippen LogP contribution in [0, 0.1) is 6.92 Å². The Kier molecular flexibility index (Phi) is 3.67. The summed E-state index contributed by atoms with van der Waals surface area (Å²) < 4.78 is 1.96. The van der Waals surface area contributed by atoms with Gasteiger partial charge >= 0.3 is 0 Å². The minimum atomic E-state index is 0.572. The van der Waals surface area contributed by atoms with E-state index in [1.807, 2.05) is 10.9 Å². The summed E-state index contributed by atoms with van der Waals surface area (Å²) in [7, 11) is 0. The average molecular weight is 304 g/mol. The third kappa shape index (κ3) is 3.32. The molecule has 1 aliphatic rings. The number of rotatable bonds is 5. The molecule has 1 fully saturated rings. The van der Waals surface area contributed by atoms with Crippen LogP contribution in [0.2, 0.25) is 0 Å². The first-order valence-electron chi connectivity index (χ1n) is 8.03. The Bertz CT molecular complexity index is 777. The minimum absolute atomic E-state index is 0.572. The van der Waals surface area contributed by atoms with Gasteiger partial charge in [0.25, 0.3) is 0 Å². The highest BCUT2D eigenvalue weighted by Crippen LogP contribution is 2.23. The first-order valence-corrected chi connectivity index (χ1v) is 8.03. The van der Waals surface area contributed by atoms with Gasteiger partial charge in [-0.15, -0.1) is 5.10 Å². The van der Waals surface area contributed by atoms with Crippen molar-refractivity contribution in [2.24, 2.45) is 0 Å². The molecule has 3 aromatic rings. The fraction of sp³-hybridized carbons (Fsp3) is 0.263. The molecular weight excluding hydrogens is 284 g/mol. The SMILES string of the molecule is Cc1ccc(-c2cn(CC3CN3Cc3ccccc3)nn2)cc1. The fourth-order valence-electron chi connectivity index (χ4n) is 2.87. The van der Waals surface area contributed by atoms with Crippen LogP contribution in [0.3, 0.4) is 0 Å². The van der Waals surface area contributed by atoms with Crippen molar-refractivity contribution in [3.05, 3.63) is 71.9 Å². The topological polar surface area (TPSA) is 33.7 Å². The van der Waals surface area contributed by atoms with Gasteiger partial charge in [-0.05, 0) is 12.5 Å². The Morgan fingerprint density at radius 1 is 1.04 bits per heavy atom. The van der Waals surface area contributed by atoms with Gasteiger partial charge in [0.2, 0.25) is 0 Å². The van der Waals surface area contributed by atoms with E-state index < -0.39 is 0 Å². The summed E-state index contributed by atoms with van der Waals surface area (Å²) in [5, 5.41) is 8.58. The van der Waals surface area contributed by atoms with Crippen molar-refractivity contribution in [2.45, 2.75) is 26.1 Å². The zero-order valence-corrected chi connectivity index (χ0v) is 13.3. The quantitative estimate of drug-likeness (QED) is 0.679. The van der Waals surface area contributed by atoms with Gasteiger partial charge in [0.05, 0.1) is 12.7 Å². The summed E-state index contributed by atoms with van der Waals surface area (Å²) in [5.41, 5.74) is 4.70. The molecule has 0 spiro atoms. The second-order valence-electron chi connectivity index (χ2n) is 6.26. The summed E-state index contributed by atoms with van der Waals surface area (Å²) in [4.78, 5) is 2.46. The first kappa shape index (κ1) is 14.2. The summed E-state index contributed by atoms with van der Waals surface area (Å²) in [6, 6.07) is 19.6. The Balaban J connectivity index is 1.37. The molecule has 0 bridgehead atoms. The van der Waals surface area contributed by atoms with Gasteiger partial charge in [-0.1, -0.05) is 65.4 Å². The van der Waals surface area contributed by atoms with E-state index >= 15 is 0 Å². The van der Waals surface area contributed by atoms with Gasteiger partial charge in [-0.3, -0.25) is 9.58 Å². The molecule has 0 amide bonds. The summed E-state index contributed by atoms with van der Waals surface area (Å²) >= 11 is 0. The van der Waals surface area contributed by atoms with E-state index in [9.17, 15) is 0 Å². The molecule has 2 heterocycles. The number of benzene rings is 2. The largest absolute Gasteiger partial charge is 0.291 e. The second kappa shape index (κ2) is 5.97. The van der Waals surface area contributed by atoms with Crippen LogP contribution < -0.4 is 0 Å². The molecule has 1 aromatic heterocycles. The van der Waals surface area contributed by atoms with Gasteiger partial charge in [-0.2, -0.15) is 0 Å². The molecule has 116 valence electrons. The highest BCUT2D eigenvalue weighted by molar-refractivity contribution is 5.57. The molecule has 4 nitrogen and oxygen atoms in total. The lowest BCUT2D eigenvalue weighted by Crippen LogP contribution is -2.10. The van der Waals surface area contributed by atoms with Crippen LogP contribution >= 0.6 is 0 Å². The standard InChI is InChI=1S/C19H20N4/c1-15-7-9-17(10-8-15)19-14-23(21-20-19)13-18-12-22(18)11-16-5-3-2-4-6-16/h2-10,14,18H,11-13H2,1H3. The van der Waals surface area contributed by atoms with E-state index in [1.54, 1.807) is 0 Å². The third-order valence-corrected chi connectivity index (χ3v) is 4.34. The average Bonchev–Trinajstić information content (AvgIpc) is 3.11. The second-order valence-corrected chi connectivity index (χ2v) is 6.26. The first-order chi connectivity index (χ1) is 11.3. The smallest absolute Gasteiger partial charge is 0.113 e. The molecule has 0 radical (unpaired) electrons. The molecule has 0 N–H and O–H groups in total. The van der Waals surface area contributed by atoms with Gasteiger partial charge in [0, 0.05) is 24.7 Å². The molecule has 2 unspecified atom stereocenters. The van der Waals surface area contributed by atoms with Crippen molar-refractivity contribution in [3.8, 4) is 11.3 Å². The zero-order chi connectivity index (χ0) is 15.6. The number of nitrogens with zero attached hydrogens (tertiary/aromatic N) is 4. The van der Waals surface area contributed by atoms with Crippen molar-refractivity contribution >= 4 is 0 Å². The molecule has 4 heteroatoms. The predicted octanol–water partition coefficient (Wildman–Crippen LogP) is 3.14. The number of hydrogen-bond donors (Lipinski definition) is 0. The van der Waals surface area contributed by atoms with E-state index in [0.717, 1.165) is 30.9 Å². The highest BCUT2D eigenvalue weighted by Gasteiger charge is 2.34. The molecular formula is C19H20N4. The summed E-state index contributed by atoms with van der Waals surface area (Å²) in [6.45, 7) is 5.15. The van der Waals surface area contributed by atoms with Crippen molar-refractivity contribution in [1.29, 1.82) is 0 Å². The van der Waals surface area contributed by atoms with Crippen LogP contribution in [0.15, 0.2) is 60.8 Å². The summed E-state index contributed by atoms with van der Waals surface area (Å²) in [5.74, 6) is 0. The predicted molar refractivity (Wildman–Crippen MR) is 90.8 cm³/mol. The number of aromatic nitrogens is 3. The Hall–Kier alpha value is -2.46. The lowest BCUT2D eigenvalue weighted by molar-refractivity contribution is 0.450. The lowest BCUT2D eigenvalue weighted by atomic mass is 10.1. The van der Waals surface area contributed by atoms with Crippen molar-refractivity contribution in [2.75, 3.05) is 6.54 Å². The molecule has 23 heavy (non-hydrogen) atoms. The fourth-order valence-corrected chi connectivity index (χ4v) is 2.87. The Labute approximate surface area is 136 Å². The van der Waals surface area contributed by atoms with E-state index in [1.165, 1.54) is 11.1 Å². The molecule has 1 aliphatic heterocycles. The van der Waals surface area contributed by atoms with E-state index in [-0.39, 0.29) is 0 Å². The minimum Gasteiger partial charge on any atom is -0.291 e. The third-order valence-electron chi connectivity index (χ3n) is 4.34. The molecule has 4 rings (SSSR count). The van der Waals surface area contributed by atoms with Gasteiger partial charge in [0.15, 0.2) is 0 Å². The van der Waals surface area contributed by atoms with Gasteiger partial charge < -0.3 is 0 Å². The maximum atomic E-state index is 4.30. The normalized spacial score (nSPS) is 19.7. The van der Waals surface area contributed by atoms with Crippen molar-refractivity contribution < 1.29 is 0 Å². The molecule has 0 saturated carbocycles. The number of hydrogen-bond acceptors (Lipinski definition) is 3. The molecule has 2 aromatic carbocycles. The van der Waals surface area contributed by atoms with Crippen molar-refractivity contribution in [1.82, 2.24) is 19.9 Å². The maximum absolute atomic E-state index is 4.30. The van der Waals surface area contributed by atoms with E-state index in [0.29, 0.717) is 6.04 Å². The Morgan fingerprint density at radius 2 is 1.83 bits per heavy atom. The number of aryl methyl sites for hydroxylation is 1.